The standard InChI is InChI=1S/C24H27N3O7/c1-17(34-20-11-9-19(10-12-20)27(31)32)24(30)26-14-13-25-23(29)21(26)16-22(28)33-15-5-8-18-6-3-2-4-7-18/h2-4,6-7,9-12,17,21H,5,8,13-16H2,1H3,(H,25,29). The second kappa shape index (κ2) is 11.8. The molecule has 0 saturated carbocycles. The highest BCUT2D eigenvalue weighted by molar-refractivity contribution is 5.93. The number of rotatable bonds is 10. The predicted molar refractivity (Wildman–Crippen MR) is 122 cm³/mol. The summed E-state index contributed by atoms with van der Waals surface area (Å²) in [7, 11) is 0. The summed E-state index contributed by atoms with van der Waals surface area (Å²) in [6.07, 6.45) is 0.194. The van der Waals surface area contributed by atoms with Gasteiger partial charge in [-0.2, -0.15) is 0 Å². The Bertz CT molecular complexity index is 1010. The van der Waals surface area contributed by atoms with Crippen LogP contribution in [-0.2, 0) is 25.5 Å². The lowest BCUT2D eigenvalue weighted by atomic mass is 10.1. The van der Waals surface area contributed by atoms with Gasteiger partial charge in [0.2, 0.25) is 5.91 Å². The minimum absolute atomic E-state index is 0.0959. The van der Waals surface area contributed by atoms with Crippen LogP contribution in [0.4, 0.5) is 5.69 Å². The van der Waals surface area contributed by atoms with Crippen LogP contribution in [0.1, 0.15) is 25.3 Å². The Morgan fingerprint density at radius 1 is 1.18 bits per heavy atom. The monoisotopic (exact) mass is 469 g/mol. The average Bonchev–Trinajstić information content (AvgIpc) is 2.83. The van der Waals surface area contributed by atoms with Gasteiger partial charge in [0.25, 0.3) is 11.6 Å². The quantitative estimate of drug-likeness (QED) is 0.245. The Kier molecular flexibility index (Phi) is 8.55. The molecule has 0 aromatic heterocycles. The highest BCUT2D eigenvalue weighted by Crippen LogP contribution is 2.20. The zero-order valence-electron chi connectivity index (χ0n) is 18.8. The lowest BCUT2D eigenvalue weighted by molar-refractivity contribution is -0.384. The summed E-state index contributed by atoms with van der Waals surface area (Å²) in [6, 6.07) is 14.2. The van der Waals surface area contributed by atoms with Crippen molar-refractivity contribution in [1.29, 1.82) is 0 Å². The van der Waals surface area contributed by atoms with Gasteiger partial charge in [-0.05, 0) is 37.5 Å². The summed E-state index contributed by atoms with van der Waals surface area (Å²) >= 11 is 0. The molecule has 180 valence electrons. The molecule has 0 aliphatic carbocycles. The number of esters is 1. The molecule has 10 nitrogen and oxygen atoms in total. The summed E-state index contributed by atoms with van der Waals surface area (Å²) in [5.41, 5.74) is 1.05. The molecule has 2 aromatic carbocycles. The Hall–Kier alpha value is -3.95. The topological polar surface area (TPSA) is 128 Å². The Morgan fingerprint density at radius 2 is 1.88 bits per heavy atom. The highest BCUT2D eigenvalue weighted by atomic mass is 16.6. The number of aryl methyl sites for hydroxylation is 1. The number of hydrogen-bond acceptors (Lipinski definition) is 7. The number of nitrogens with zero attached hydrogens (tertiary/aromatic N) is 2. The fourth-order valence-corrected chi connectivity index (χ4v) is 3.64. The first-order valence-corrected chi connectivity index (χ1v) is 11.0. The van der Waals surface area contributed by atoms with E-state index in [4.69, 9.17) is 9.47 Å². The normalized spacial score (nSPS) is 16.3. The van der Waals surface area contributed by atoms with E-state index < -0.39 is 34.9 Å². The van der Waals surface area contributed by atoms with Crippen molar-refractivity contribution in [2.24, 2.45) is 0 Å². The third-order valence-corrected chi connectivity index (χ3v) is 5.40. The van der Waals surface area contributed by atoms with Gasteiger partial charge < -0.3 is 19.7 Å². The van der Waals surface area contributed by atoms with Crippen molar-refractivity contribution in [2.75, 3.05) is 19.7 Å². The van der Waals surface area contributed by atoms with Gasteiger partial charge in [0, 0.05) is 25.2 Å². The summed E-state index contributed by atoms with van der Waals surface area (Å²) in [4.78, 5) is 49.3. The Balaban J connectivity index is 1.53. The molecule has 1 fully saturated rings. The van der Waals surface area contributed by atoms with Crippen LogP contribution in [0, 0.1) is 10.1 Å². The number of piperazine rings is 1. The maximum atomic E-state index is 13.0. The maximum Gasteiger partial charge on any atom is 0.308 e. The Morgan fingerprint density at radius 3 is 2.56 bits per heavy atom. The Labute approximate surface area is 197 Å². The molecule has 2 amide bonds. The van der Waals surface area contributed by atoms with Crippen LogP contribution in [0.25, 0.3) is 0 Å². The van der Waals surface area contributed by atoms with Crippen molar-refractivity contribution < 1.29 is 28.8 Å². The molecule has 34 heavy (non-hydrogen) atoms. The van der Waals surface area contributed by atoms with Crippen molar-refractivity contribution in [3.8, 4) is 5.75 Å². The van der Waals surface area contributed by atoms with E-state index in [1.165, 1.54) is 36.1 Å². The first-order valence-electron chi connectivity index (χ1n) is 11.0. The zero-order valence-corrected chi connectivity index (χ0v) is 18.8. The molecule has 1 saturated heterocycles. The number of benzene rings is 2. The van der Waals surface area contributed by atoms with Crippen LogP contribution in [0.2, 0.25) is 0 Å². The third kappa shape index (κ3) is 6.77. The number of carbonyl (C=O) groups is 3. The number of amides is 2. The molecule has 3 rings (SSSR count). The summed E-state index contributed by atoms with van der Waals surface area (Å²) in [6.45, 7) is 2.23. The van der Waals surface area contributed by atoms with Gasteiger partial charge in [0.1, 0.15) is 11.8 Å². The molecule has 2 aromatic rings. The van der Waals surface area contributed by atoms with Gasteiger partial charge in [0.15, 0.2) is 6.10 Å². The van der Waals surface area contributed by atoms with Gasteiger partial charge in [0.05, 0.1) is 18.0 Å². The molecule has 0 radical (unpaired) electrons. The van der Waals surface area contributed by atoms with Gasteiger partial charge in [-0.15, -0.1) is 0 Å². The smallest absolute Gasteiger partial charge is 0.308 e. The molecule has 1 aliphatic rings. The van der Waals surface area contributed by atoms with E-state index >= 15 is 0 Å². The number of ether oxygens (including phenoxy) is 2. The second-order valence-corrected chi connectivity index (χ2v) is 7.86. The first kappa shape index (κ1) is 24.7. The lowest BCUT2D eigenvalue weighted by Gasteiger charge is -2.36. The minimum atomic E-state index is -0.995. The number of nitro benzene ring substituents is 1. The number of nitrogens with one attached hydrogen (secondary N) is 1. The van der Waals surface area contributed by atoms with Crippen molar-refractivity contribution in [2.45, 2.75) is 38.3 Å². The SMILES string of the molecule is CC(Oc1ccc([N+](=O)[O-])cc1)C(=O)N1CCNC(=O)C1CC(=O)OCCCc1ccccc1. The van der Waals surface area contributed by atoms with Crippen LogP contribution in [0.5, 0.6) is 5.75 Å². The highest BCUT2D eigenvalue weighted by Gasteiger charge is 2.37. The molecule has 1 aliphatic heterocycles. The van der Waals surface area contributed by atoms with Gasteiger partial charge in [-0.1, -0.05) is 30.3 Å². The minimum Gasteiger partial charge on any atom is -0.481 e. The van der Waals surface area contributed by atoms with Crippen molar-refractivity contribution >= 4 is 23.5 Å². The summed E-state index contributed by atoms with van der Waals surface area (Å²) in [5.74, 6) is -1.17. The molecule has 1 heterocycles. The van der Waals surface area contributed by atoms with Crippen LogP contribution in [0.3, 0.4) is 0 Å². The fourth-order valence-electron chi connectivity index (χ4n) is 3.64. The van der Waals surface area contributed by atoms with E-state index in [0.717, 1.165) is 12.0 Å². The van der Waals surface area contributed by atoms with Crippen LogP contribution < -0.4 is 10.1 Å². The molecule has 1 N–H and O–H groups in total. The summed E-state index contributed by atoms with van der Waals surface area (Å²) in [5, 5.41) is 13.5. The molecule has 0 spiro atoms. The van der Waals surface area contributed by atoms with Crippen molar-refractivity contribution in [3.63, 3.8) is 0 Å². The van der Waals surface area contributed by atoms with E-state index in [0.29, 0.717) is 6.42 Å². The average molecular weight is 469 g/mol. The van der Waals surface area contributed by atoms with E-state index in [1.807, 2.05) is 30.3 Å². The lowest BCUT2D eigenvalue weighted by Crippen LogP contribution is -2.60. The van der Waals surface area contributed by atoms with Crippen LogP contribution >= 0.6 is 0 Å². The van der Waals surface area contributed by atoms with E-state index in [-0.39, 0.29) is 37.6 Å². The predicted octanol–water partition coefficient (Wildman–Crippen LogP) is 2.26. The fraction of sp³-hybridized carbons (Fsp3) is 0.375. The molecule has 10 heteroatoms. The van der Waals surface area contributed by atoms with E-state index in [9.17, 15) is 24.5 Å². The third-order valence-electron chi connectivity index (χ3n) is 5.40. The molecule has 0 bridgehead atoms. The van der Waals surface area contributed by atoms with Gasteiger partial charge in [-0.3, -0.25) is 24.5 Å². The number of non-ortho nitro benzene ring substituents is 1. The zero-order chi connectivity index (χ0) is 24.5. The van der Waals surface area contributed by atoms with E-state index in [2.05, 4.69) is 5.32 Å². The number of carbonyl (C=O) groups excluding carboxylic acids is 3. The molecular formula is C24H27N3O7. The summed E-state index contributed by atoms with van der Waals surface area (Å²) < 4.78 is 10.9. The first-order chi connectivity index (χ1) is 16.3. The molecule has 2 atom stereocenters. The van der Waals surface area contributed by atoms with Crippen molar-refractivity contribution in [3.05, 3.63) is 70.3 Å². The van der Waals surface area contributed by atoms with Crippen LogP contribution in [0.15, 0.2) is 54.6 Å². The van der Waals surface area contributed by atoms with Crippen LogP contribution in [-0.4, -0.2) is 59.4 Å². The maximum absolute atomic E-state index is 13.0. The van der Waals surface area contributed by atoms with Crippen molar-refractivity contribution in [1.82, 2.24) is 10.2 Å². The molecular weight excluding hydrogens is 442 g/mol. The number of nitro groups is 1. The van der Waals surface area contributed by atoms with Gasteiger partial charge in [-0.25, -0.2) is 0 Å². The van der Waals surface area contributed by atoms with Gasteiger partial charge >= 0.3 is 5.97 Å². The largest absolute Gasteiger partial charge is 0.481 e. The molecule has 2 unspecified atom stereocenters. The van der Waals surface area contributed by atoms with E-state index in [1.54, 1.807) is 0 Å². The second-order valence-electron chi connectivity index (χ2n) is 7.86. The number of hydrogen-bond donors (Lipinski definition) is 1.